The minimum absolute atomic E-state index is 0.247. The Morgan fingerprint density at radius 1 is 1.20 bits per heavy atom. The lowest BCUT2D eigenvalue weighted by molar-refractivity contribution is -0.206. The van der Waals surface area contributed by atoms with Crippen LogP contribution in [0.3, 0.4) is 0 Å². The highest BCUT2D eigenvalue weighted by atomic mass is 32.1. The van der Waals surface area contributed by atoms with Crippen molar-refractivity contribution in [3.05, 3.63) is 29.8 Å². The van der Waals surface area contributed by atoms with Crippen molar-refractivity contribution in [1.82, 2.24) is 0 Å². The maximum absolute atomic E-state index is 5.82. The summed E-state index contributed by atoms with van der Waals surface area (Å²) >= 11 is 4.58. The molecular formula is C16H21NO2S. The zero-order valence-electron chi connectivity index (χ0n) is 11.9. The van der Waals surface area contributed by atoms with Crippen LogP contribution in [0.25, 0.3) is 0 Å². The number of rotatable bonds is 6. The predicted octanol–water partition coefficient (Wildman–Crippen LogP) is 4.66. The largest absolute Gasteiger partial charge is 0.348 e. The Kier molecular flexibility index (Phi) is 6.34. The van der Waals surface area contributed by atoms with Crippen LogP contribution in [-0.2, 0) is 9.47 Å². The molecule has 0 radical (unpaired) electrons. The Morgan fingerprint density at radius 2 is 1.90 bits per heavy atom. The summed E-state index contributed by atoms with van der Waals surface area (Å²) in [6.45, 7) is 3.80. The molecule has 1 aromatic rings. The number of hydrogen-bond acceptors (Lipinski definition) is 4. The Bertz CT molecular complexity index is 446. The van der Waals surface area contributed by atoms with Gasteiger partial charge in [-0.2, -0.15) is 4.99 Å². The number of unbranched alkanes of at least 4 members (excludes halogenated alkanes) is 2. The quantitative estimate of drug-likeness (QED) is 0.434. The molecule has 2 rings (SSSR count). The molecule has 0 aromatic heterocycles. The number of thiocarbonyl (C=S) groups is 1. The predicted molar refractivity (Wildman–Crippen MR) is 83.4 cm³/mol. The van der Waals surface area contributed by atoms with Crippen molar-refractivity contribution in [2.75, 3.05) is 13.2 Å². The van der Waals surface area contributed by atoms with E-state index in [2.05, 4.69) is 29.3 Å². The molecule has 1 fully saturated rings. The van der Waals surface area contributed by atoms with Gasteiger partial charge >= 0.3 is 0 Å². The van der Waals surface area contributed by atoms with E-state index in [0.717, 1.165) is 24.5 Å². The third-order valence-electron chi connectivity index (χ3n) is 3.52. The molecule has 1 aliphatic heterocycles. The summed E-state index contributed by atoms with van der Waals surface area (Å²) in [6, 6.07) is 7.73. The van der Waals surface area contributed by atoms with Crippen LogP contribution < -0.4 is 0 Å². The molecule has 20 heavy (non-hydrogen) atoms. The van der Waals surface area contributed by atoms with E-state index in [1.807, 2.05) is 24.3 Å². The maximum atomic E-state index is 5.82. The fourth-order valence-electron chi connectivity index (χ4n) is 2.34. The molecule has 3 nitrogen and oxygen atoms in total. The van der Waals surface area contributed by atoms with Crippen molar-refractivity contribution in [3.8, 4) is 0 Å². The second-order valence-electron chi connectivity index (χ2n) is 5.16. The molecule has 0 aliphatic carbocycles. The first kappa shape index (κ1) is 15.3. The monoisotopic (exact) mass is 291 g/mol. The summed E-state index contributed by atoms with van der Waals surface area (Å²) in [5.74, 6) is 0.538. The molecular weight excluding hydrogens is 270 g/mol. The molecule has 1 saturated heterocycles. The molecule has 108 valence electrons. The standard InChI is InChI=1S/C16H21NO2S/c1-2-3-4-5-13-10-18-16(19-11-13)14-6-8-15(9-7-14)17-12-20/h6-9,13,16H,2-5,10-11H2,1H3/t13-,16-. The van der Waals surface area contributed by atoms with E-state index in [1.54, 1.807) is 0 Å². The Hall–Kier alpha value is -1.06. The van der Waals surface area contributed by atoms with Gasteiger partial charge in [0, 0.05) is 11.5 Å². The van der Waals surface area contributed by atoms with Gasteiger partial charge in [0.1, 0.15) is 0 Å². The SMILES string of the molecule is CCCCC[C@H]1CO[C@H](c2ccc(N=C=S)cc2)OC1. The van der Waals surface area contributed by atoms with Gasteiger partial charge in [0.15, 0.2) is 6.29 Å². The molecule has 0 saturated carbocycles. The lowest BCUT2D eigenvalue weighted by Crippen LogP contribution is -2.27. The van der Waals surface area contributed by atoms with E-state index in [4.69, 9.17) is 9.47 Å². The van der Waals surface area contributed by atoms with Crippen LogP contribution in [0.1, 0.15) is 44.5 Å². The minimum Gasteiger partial charge on any atom is -0.348 e. The van der Waals surface area contributed by atoms with Gasteiger partial charge in [0.25, 0.3) is 0 Å². The van der Waals surface area contributed by atoms with E-state index >= 15 is 0 Å². The highest BCUT2D eigenvalue weighted by Crippen LogP contribution is 2.28. The van der Waals surface area contributed by atoms with Gasteiger partial charge in [0.05, 0.1) is 24.1 Å². The normalized spacial score (nSPS) is 22.2. The average Bonchev–Trinajstić information content (AvgIpc) is 2.49. The molecule has 1 aromatic carbocycles. The van der Waals surface area contributed by atoms with Crippen molar-refractivity contribution in [2.45, 2.75) is 38.9 Å². The van der Waals surface area contributed by atoms with Crippen LogP contribution in [-0.4, -0.2) is 18.4 Å². The Labute approximate surface area is 126 Å². The molecule has 0 amide bonds. The van der Waals surface area contributed by atoms with Gasteiger partial charge in [-0.25, -0.2) is 0 Å². The first-order valence-corrected chi connectivity index (χ1v) is 7.65. The van der Waals surface area contributed by atoms with Gasteiger partial charge in [-0.05, 0) is 30.8 Å². The fourth-order valence-corrected chi connectivity index (χ4v) is 2.45. The molecule has 0 unspecified atom stereocenters. The van der Waals surface area contributed by atoms with Gasteiger partial charge in [-0.1, -0.05) is 38.3 Å². The molecule has 0 N–H and O–H groups in total. The number of isothiocyanates is 1. The summed E-state index contributed by atoms with van der Waals surface area (Å²) in [7, 11) is 0. The van der Waals surface area contributed by atoms with Gasteiger partial charge < -0.3 is 9.47 Å². The van der Waals surface area contributed by atoms with Crippen LogP contribution in [0.15, 0.2) is 29.3 Å². The third-order valence-corrected chi connectivity index (χ3v) is 3.61. The first-order chi connectivity index (χ1) is 9.83. The highest BCUT2D eigenvalue weighted by molar-refractivity contribution is 7.78. The summed E-state index contributed by atoms with van der Waals surface area (Å²) < 4.78 is 11.6. The molecule has 0 atom stereocenters. The number of ether oxygens (including phenoxy) is 2. The first-order valence-electron chi connectivity index (χ1n) is 7.24. The number of aliphatic imine (C=N–C) groups is 1. The van der Waals surface area contributed by atoms with Crippen molar-refractivity contribution >= 4 is 23.1 Å². The van der Waals surface area contributed by atoms with Crippen molar-refractivity contribution in [1.29, 1.82) is 0 Å². The lowest BCUT2D eigenvalue weighted by atomic mass is 10.0. The molecule has 0 spiro atoms. The number of nitrogens with zero attached hydrogens (tertiary/aromatic N) is 1. The maximum Gasteiger partial charge on any atom is 0.183 e. The van der Waals surface area contributed by atoms with Crippen molar-refractivity contribution in [2.24, 2.45) is 10.9 Å². The Balaban J connectivity index is 1.82. The van der Waals surface area contributed by atoms with Crippen LogP contribution in [0.4, 0.5) is 5.69 Å². The third kappa shape index (κ3) is 4.50. The molecule has 1 aliphatic rings. The van der Waals surface area contributed by atoms with Crippen molar-refractivity contribution < 1.29 is 9.47 Å². The summed E-state index contributed by atoms with van der Waals surface area (Å²) in [6.07, 6.45) is 4.77. The molecule has 4 heteroatoms. The minimum atomic E-state index is -0.247. The summed E-state index contributed by atoms with van der Waals surface area (Å²) in [5, 5.41) is 2.36. The van der Waals surface area contributed by atoms with E-state index < -0.39 is 0 Å². The van der Waals surface area contributed by atoms with Gasteiger partial charge in [0.2, 0.25) is 0 Å². The van der Waals surface area contributed by atoms with Crippen LogP contribution >= 0.6 is 12.2 Å². The second-order valence-corrected chi connectivity index (χ2v) is 5.34. The van der Waals surface area contributed by atoms with Crippen LogP contribution in [0.5, 0.6) is 0 Å². The lowest BCUT2D eigenvalue weighted by Gasteiger charge is -2.29. The molecule has 0 bridgehead atoms. The van der Waals surface area contributed by atoms with Crippen LogP contribution in [0.2, 0.25) is 0 Å². The summed E-state index contributed by atoms with van der Waals surface area (Å²) in [4.78, 5) is 3.93. The highest BCUT2D eigenvalue weighted by Gasteiger charge is 2.23. The number of benzene rings is 1. The number of hydrogen-bond donors (Lipinski definition) is 0. The zero-order valence-corrected chi connectivity index (χ0v) is 12.7. The Morgan fingerprint density at radius 3 is 2.50 bits per heavy atom. The van der Waals surface area contributed by atoms with Crippen LogP contribution in [0, 0.1) is 5.92 Å². The van der Waals surface area contributed by atoms with E-state index in [-0.39, 0.29) is 6.29 Å². The van der Waals surface area contributed by atoms with Crippen molar-refractivity contribution in [3.63, 3.8) is 0 Å². The zero-order chi connectivity index (χ0) is 14.2. The summed E-state index contributed by atoms with van der Waals surface area (Å²) in [5.41, 5.74) is 1.83. The van der Waals surface area contributed by atoms with Gasteiger partial charge in [-0.3, -0.25) is 0 Å². The molecule has 1 heterocycles. The second kappa shape index (κ2) is 8.28. The smallest absolute Gasteiger partial charge is 0.183 e. The van der Waals surface area contributed by atoms with E-state index in [0.29, 0.717) is 5.92 Å². The van der Waals surface area contributed by atoms with E-state index in [9.17, 15) is 0 Å². The van der Waals surface area contributed by atoms with Gasteiger partial charge in [-0.15, -0.1) is 0 Å². The fraction of sp³-hybridized carbons (Fsp3) is 0.562. The van der Waals surface area contributed by atoms with E-state index in [1.165, 1.54) is 25.7 Å². The average molecular weight is 291 g/mol. The topological polar surface area (TPSA) is 30.8 Å².